The van der Waals surface area contributed by atoms with E-state index in [9.17, 15) is 18.4 Å². The largest absolute Gasteiger partial charge is 0.433 e. The number of benzene rings is 1. The molecule has 0 fully saturated rings. The van der Waals surface area contributed by atoms with E-state index in [0.717, 1.165) is 11.8 Å². The van der Waals surface area contributed by atoms with Gasteiger partial charge in [0, 0.05) is 5.69 Å². The van der Waals surface area contributed by atoms with Crippen LogP contribution in [0.4, 0.5) is 14.5 Å². The normalized spacial score (nSPS) is 10.4. The number of amides is 1. The number of hydrogen-bond donors (Lipinski definition) is 2. The van der Waals surface area contributed by atoms with Crippen molar-refractivity contribution in [3.05, 3.63) is 46.0 Å². The summed E-state index contributed by atoms with van der Waals surface area (Å²) in [6.07, 6.45) is 0. The van der Waals surface area contributed by atoms with Crippen molar-refractivity contribution in [3.8, 4) is 11.8 Å². The molecule has 0 aliphatic rings. The number of nitriles is 1. The van der Waals surface area contributed by atoms with Crippen LogP contribution in [0, 0.1) is 18.3 Å². The van der Waals surface area contributed by atoms with Gasteiger partial charge in [0.15, 0.2) is 0 Å². The average molecular weight is 366 g/mol. The first-order valence-corrected chi connectivity index (χ1v) is 7.86. The molecule has 1 aromatic carbocycles. The summed E-state index contributed by atoms with van der Waals surface area (Å²) in [4.78, 5) is 29.5. The molecule has 1 aromatic heterocycles. The summed E-state index contributed by atoms with van der Waals surface area (Å²) in [6.45, 7) is -1.47. The monoisotopic (exact) mass is 366 g/mol. The highest BCUT2D eigenvalue weighted by Gasteiger charge is 2.14. The Morgan fingerprint density at radius 2 is 2.20 bits per heavy atom. The number of halogens is 2. The van der Waals surface area contributed by atoms with Crippen LogP contribution in [0.5, 0.6) is 5.75 Å². The number of hydrogen-bond acceptors (Lipinski definition) is 6. The molecule has 0 aliphatic heterocycles. The first kappa shape index (κ1) is 18.4. The van der Waals surface area contributed by atoms with E-state index in [4.69, 9.17) is 5.26 Å². The number of H-pyrrole nitrogens is 1. The van der Waals surface area contributed by atoms with Crippen molar-refractivity contribution >= 4 is 23.4 Å². The molecule has 130 valence electrons. The van der Waals surface area contributed by atoms with Crippen LogP contribution in [0.1, 0.15) is 11.3 Å². The third-order valence-corrected chi connectivity index (χ3v) is 3.89. The number of nitrogens with one attached hydrogen (secondary N) is 2. The van der Waals surface area contributed by atoms with Crippen molar-refractivity contribution in [3.63, 3.8) is 0 Å². The minimum absolute atomic E-state index is 0.0870. The minimum atomic E-state index is -3.02. The molecule has 0 spiro atoms. The summed E-state index contributed by atoms with van der Waals surface area (Å²) in [7, 11) is 0. The molecule has 1 amide bonds. The zero-order valence-corrected chi connectivity index (χ0v) is 13.7. The first-order chi connectivity index (χ1) is 11.9. The molecule has 0 saturated heterocycles. The van der Waals surface area contributed by atoms with Crippen LogP contribution in [-0.4, -0.2) is 28.2 Å². The number of para-hydroxylation sites is 2. The average Bonchev–Trinajstić information content (AvgIpc) is 2.54. The van der Waals surface area contributed by atoms with Crippen LogP contribution in [0.2, 0.25) is 0 Å². The highest BCUT2D eigenvalue weighted by atomic mass is 32.2. The number of aryl methyl sites for hydroxylation is 1. The van der Waals surface area contributed by atoms with Crippen LogP contribution in [0.3, 0.4) is 0 Å². The van der Waals surface area contributed by atoms with Crippen LogP contribution >= 0.6 is 11.8 Å². The Morgan fingerprint density at radius 1 is 1.48 bits per heavy atom. The number of alkyl halides is 2. The lowest BCUT2D eigenvalue weighted by Gasteiger charge is -2.11. The Labute approximate surface area is 145 Å². The van der Waals surface area contributed by atoms with Gasteiger partial charge in [-0.2, -0.15) is 19.0 Å². The molecule has 0 unspecified atom stereocenters. The summed E-state index contributed by atoms with van der Waals surface area (Å²) in [5.41, 5.74) is -0.0287. The third kappa shape index (κ3) is 5.02. The molecule has 2 aromatic rings. The lowest BCUT2D eigenvalue weighted by Crippen LogP contribution is -2.18. The molecule has 10 heteroatoms. The molecule has 7 nitrogen and oxygen atoms in total. The minimum Gasteiger partial charge on any atom is -0.433 e. The molecular weight excluding hydrogens is 354 g/mol. The molecule has 0 bridgehead atoms. The van der Waals surface area contributed by atoms with Gasteiger partial charge < -0.3 is 15.0 Å². The number of ether oxygens (including phenoxy) is 1. The van der Waals surface area contributed by atoms with E-state index in [2.05, 4.69) is 20.0 Å². The van der Waals surface area contributed by atoms with Crippen LogP contribution in [0.25, 0.3) is 0 Å². The maximum atomic E-state index is 12.4. The number of rotatable bonds is 6. The molecule has 2 N–H and O–H groups in total. The first-order valence-electron chi connectivity index (χ1n) is 6.88. The number of carbonyl (C=O) groups excluding carboxylic acids is 1. The van der Waals surface area contributed by atoms with Crippen LogP contribution in [0.15, 0.2) is 34.1 Å². The lowest BCUT2D eigenvalue weighted by molar-refractivity contribution is -0.113. The van der Waals surface area contributed by atoms with Gasteiger partial charge in [0.1, 0.15) is 22.4 Å². The van der Waals surface area contributed by atoms with Crippen LogP contribution < -0.4 is 15.7 Å². The van der Waals surface area contributed by atoms with Crippen molar-refractivity contribution in [2.45, 2.75) is 18.6 Å². The van der Waals surface area contributed by atoms with E-state index in [0.29, 0.717) is 5.69 Å². The zero-order valence-electron chi connectivity index (χ0n) is 12.9. The van der Waals surface area contributed by atoms with Crippen molar-refractivity contribution in [2.75, 3.05) is 11.1 Å². The predicted octanol–water partition coefficient (Wildman–Crippen LogP) is 2.28. The Balaban J connectivity index is 2.08. The molecule has 0 saturated carbocycles. The quantitative estimate of drug-likeness (QED) is 0.600. The highest BCUT2D eigenvalue weighted by molar-refractivity contribution is 8.00. The lowest BCUT2D eigenvalue weighted by atomic mass is 10.3. The van der Waals surface area contributed by atoms with E-state index < -0.39 is 18.2 Å². The molecular formula is C15H12F2N4O3S. The SMILES string of the molecule is Cc1[nH]c(=O)nc(SCC(=O)Nc2ccccc2OC(F)F)c1C#N. The number of thioether (sulfide) groups is 1. The Morgan fingerprint density at radius 3 is 2.88 bits per heavy atom. The number of nitrogens with zero attached hydrogens (tertiary/aromatic N) is 2. The van der Waals surface area contributed by atoms with Crippen molar-refractivity contribution in [1.82, 2.24) is 9.97 Å². The zero-order chi connectivity index (χ0) is 18.4. The Bertz CT molecular complexity index is 880. The standard InChI is InChI=1S/C15H12F2N4O3S/c1-8-9(6-18)13(21-15(23)19-8)25-7-12(22)20-10-4-2-3-5-11(10)24-14(16)17/h2-5,14H,7H2,1H3,(H,20,22)(H,19,21,23). The van der Waals surface area contributed by atoms with Gasteiger partial charge in [-0.25, -0.2) is 4.79 Å². The van der Waals surface area contributed by atoms with E-state index >= 15 is 0 Å². The maximum Gasteiger partial charge on any atom is 0.387 e. The van der Waals surface area contributed by atoms with Gasteiger partial charge in [0.2, 0.25) is 5.91 Å². The summed E-state index contributed by atoms with van der Waals surface area (Å²) in [5, 5.41) is 11.7. The number of carbonyl (C=O) groups is 1. The van der Waals surface area contributed by atoms with Gasteiger partial charge in [-0.3, -0.25) is 4.79 Å². The van der Waals surface area contributed by atoms with E-state index in [1.807, 2.05) is 6.07 Å². The molecule has 0 radical (unpaired) electrons. The molecule has 25 heavy (non-hydrogen) atoms. The van der Waals surface area contributed by atoms with Gasteiger partial charge in [-0.05, 0) is 19.1 Å². The predicted molar refractivity (Wildman–Crippen MR) is 86.7 cm³/mol. The molecule has 2 rings (SSSR count). The topological polar surface area (TPSA) is 108 Å². The van der Waals surface area contributed by atoms with Gasteiger partial charge in [-0.15, -0.1) is 0 Å². The number of anilines is 1. The van der Waals surface area contributed by atoms with Gasteiger partial charge in [0.25, 0.3) is 0 Å². The summed E-state index contributed by atoms with van der Waals surface area (Å²) in [6, 6.07) is 7.66. The fourth-order valence-corrected chi connectivity index (χ4v) is 2.71. The maximum absolute atomic E-state index is 12.4. The second-order valence-corrected chi connectivity index (χ2v) is 5.63. The third-order valence-electron chi connectivity index (χ3n) is 2.92. The fraction of sp³-hybridized carbons (Fsp3) is 0.200. The van der Waals surface area contributed by atoms with Crippen LogP contribution in [-0.2, 0) is 4.79 Å². The van der Waals surface area contributed by atoms with Crippen molar-refractivity contribution in [2.24, 2.45) is 0 Å². The van der Waals surface area contributed by atoms with E-state index in [1.54, 1.807) is 13.0 Å². The fourth-order valence-electron chi connectivity index (χ4n) is 1.88. The molecule has 0 atom stereocenters. The van der Waals surface area contributed by atoms with E-state index in [1.165, 1.54) is 18.2 Å². The summed E-state index contributed by atoms with van der Waals surface area (Å²) in [5.74, 6) is -0.870. The Kier molecular flexibility index (Phi) is 6.08. The summed E-state index contributed by atoms with van der Waals surface area (Å²) < 4.78 is 29.0. The van der Waals surface area contributed by atoms with Gasteiger partial charge in [0.05, 0.1) is 11.4 Å². The van der Waals surface area contributed by atoms with Crippen molar-refractivity contribution < 1.29 is 18.3 Å². The Hall–Kier alpha value is -2.93. The van der Waals surface area contributed by atoms with Gasteiger partial charge >= 0.3 is 12.3 Å². The van der Waals surface area contributed by atoms with Gasteiger partial charge in [-0.1, -0.05) is 23.9 Å². The van der Waals surface area contributed by atoms with E-state index in [-0.39, 0.29) is 27.8 Å². The molecule has 1 heterocycles. The molecule has 0 aliphatic carbocycles. The smallest absolute Gasteiger partial charge is 0.387 e. The second kappa shape index (κ2) is 8.25. The number of aromatic amines is 1. The van der Waals surface area contributed by atoms with Crippen molar-refractivity contribution in [1.29, 1.82) is 5.26 Å². The number of aromatic nitrogens is 2. The summed E-state index contributed by atoms with van der Waals surface area (Å²) >= 11 is 0.892. The second-order valence-electron chi connectivity index (χ2n) is 4.67. The highest BCUT2D eigenvalue weighted by Crippen LogP contribution is 2.26.